The van der Waals surface area contributed by atoms with Crippen molar-refractivity contribution in [3.05, 3.63) is 68.7 Å². The first-order chi connectivity index (χ1) is 15.3. The third-order valence-corrected chi connectivity index (χ3v) is 7.24. The number of hydrogen-bond acceptors (Lipinski definition) is 3. The van der Waals surface area contributed by atoms with Gasteiger partial charge >= 0.3 is 0 Å². The molecule has 0 aromatic heterocycles. The van der Waals surface area contributed by atoms with E-state index in [1.807, 2.05) is 51.1 Å². The van der Waals surface area contributed by atoms with Gasteiger partial charge in [-0.15, -0.1) is 11.8 Å². The minimum absolute atomic E-state index is 0.0353. The van der Waals surface area contributed by atoms with E-state index < -0.39 is 6.04 Å². The van der Waals surface area contributed by atoms with E-state index in [1.165, 1.54) is 11.8 Å². The van der Waals surface area contributed by atoms with Gasteiger partial charge in [0.2, 0.25) is 11.8 Å². The third-order valence-electron chi connectivity index (χ3n) is 5.16. The fourth-order valence-corrected chi connectivity index (χ4v) is 4.66. The monoisotopic (exact) mass is 514 g/mol. The van der Waals surface area contributed by atoms with Gasteiger partial charge in [-0.3, -0.25) is 9.59 Å². The highest BCUT2D eigenvalue weighted by Crippen LogP contribution is 2.25. The van der Waals surface area contributed by atoms with Gasteiger partial charge in [-0.2, -0.15) is 0 Å². The Morgan fingerprint density at radius 1 is 1.00 bits per heavy atom. The molecule has 0 spiro atoms. The molecule has 0 unspecified atom stereocenters. The van der Waals surface area contributed by atoms with Crippen LogP contribution < -0.4 is 5.32 Å². The van der Waals surface area contributed by atoms with Crippen LogP contribution in [-0.2, 0) is 21.9 Å². The van der Waals surface area contributed by atoms with Gasteiger partial charge in [0.05, 0.1) is 15.8 Å². The van der Waals surface area contributed by atoms with Crippen LogP contribution in [0.2, 0.25) is 15.1 Å². The van der Waals surface area contributed by atoms with Crippen molar-refractivity contribution >= 4 is 58.4 Å². The van der Waals surface area contributed by atoms with E-state index in [9.17, 15) is 9.59 Å². The maximum absolute atomic E-state index is 13.3. The van der Waals surface area contributed by atoms with E-state index in [0.717, 1.165) is 17.5 Å². The maximum Gasteiger partial charge on any atom is 0.243 e. The highest BCUT2D eigenvalue weighted by molar-refractivity contribution is 7.99. The molecule has 0 bridgehead atoms. The Hall–Kier alpha value is -1.40. The largest absolute Gasteiger partial charge is 0.352 e. The number of amides is 2. The fourth-order valence-electron chi connectivity index (χ4n) is 3.14. The number of carbonyl (C=O) groups excluding carboxylic acids is 2. The van der Waals surface area contributed by atoms with Crippen LogP contribution in [0.4, 0.5) is 0 Å². The zero-order chi connectivity index (χ0) is 23.7. The number of carbonyl (C=O) groups is 2. The third kappa shape index (κ3) is 7.87. The van der Waals surface area contributed by atoms with Crippen LogP contribution >= 0.6 is 46.6 Å². The molecule has 0 saturated carbocycles. The quantitative estimate of drug-likeness (QED) is 0.367. The zero-order valence-electron chi connectivity index (χ0n) is 18.5. The van der Waals surface area contributed by atoms with Crippen molar-refractivity contribution in [2.75, 3.05) is 5.75 Å². The van der Waals surface area contributed by atoms with Crippen molar-refractivity contribution in [3.63, 3.8) is 0 Å². The summed E-state index contributed by atoms with van der Waals surface area (Å²) in [6.07, 6.45) is 1.32. The average Bonchev–Trinajstić information content (AvgIpc) is 2.77. The molecule has 0 heterocycles. The van der Waals surface area contributed by atoms with Crippen LogP contribution in [0.25, 0.3) is 0 Å². The molecule has 0 fully saturated rings. The van der Waals surface area contributed by atoms with Crippen molar-refractivity contribution in [2.24, 2.45) is 0 Å². The SMILES string of the molecule is CC[C@H](C(=O)N[C@@H](C)CC)N(Cc1ccc(Cl)c(Cl)c1)C(=O)CSCc1ccccc1Cl. The molecular weight excluding hydrogens is 487 g/mol. The molecular formula is C24H29Cl3N2O2S. The van der Waals surface area contributed by atoms with Crippen molar-refractivity contribution in [1.29, 1.82) is 0 Å². The molecule has 4 nitrogen and oxygen atoms in total. The molecule has 2 aromatic carbocycles. The Morgan fingerprint density at radius 3 is 2.34 bits per heavy atom. The van der Waals surface area contributed by atoms with Crippen LogP contribution in [0.15, 0.2) is 42.5 Å². The predicted octanol–water partition coefficient (Wildman–Crippen LogP) is 6.60. The predicted molar refractivity (Wildman–Crippen MR) is 137 cm³/mol. The molecule has 1 N–H and O–H groups in total. The average molecular weight is 516 g/mol. The van der Waals surface area contributed by atoms with Gasteiger partial charge in [0, 0.05) is 23.4 Å². The molecule has 174 valence electrons. The summed E-state index contributed by atoms with van der Waals surface area (Å²) in [4.78, 5) is 27.9. The summed E-state index contributed by atoms with van der Waals surface area (Å²) in [5.41, 5.74) is 1.79. The minimum Gasteiger partial charge on any atom is -0.352 e. The minimum atomic E-state index is -0.577. The topological polar surface area (TPSA) is 49.4 Å². The summed E-state index contributed by atoms with van der Waals surface area (Å²) in [6.45, 7) is 6.15. The van der Waals surface area contributed by atoms with Gasteiger partial charge in [-0.05, 0) is 49.1 Å². The summed E-state index contributed by atoms with van der Waals surface area (Å²) in [5.74, 6) is 0.590. The zero-order valence-corrected chi connectivity index (χ0v) is 21.6. The summed E-state index contributed by atoms with van der Waals surface area (Å²) in [5, 5.41) is 4.55. The lowest BCUT2D eigenvalue weighted by Crippen LogP contribution is -2.51. The Labute approximate surface area is 210 Å². The normalized spacial score (nSPS) is 12.8. The number of nitrogens with one attached hydrogen (secondary N) is 1. The lowest BCUT2D eigenvalue weighted by molar-refractivity contribution is -0.139. The number of rotatable bonds is 11. The van der Waals surface area contributed by atoms with Gasteiger partial charge in [0.15, 0.2) is 0 Å². The van der Waals surface area contributed by atoms with E-state index in [-0.39, 0.29) is 30.2 Å². The molecule has 0 aliphatic heterocycles. The Balaban J connectivity index is 2.18. The molecule has 0 radical (unpaired) electrons. The van der Waals surface area contributed by atoms with Crippen LogP contribution in [0.3, 0.4) is 0 Å². The summed E-state index contributed by atoms with van der Waals surface area (Å²) >= 11 is 19.9. The van der Waals surface area contributed by atoms with Gasteiger partial charge in [0.25, 0.3) is 0 Å². The Bertz CT molecular complexity index is 926. The van der Waals surface area contributed by atoms with Crippen molar-refractivity contribution in [3.8, 4) is 0 Å². The standard InChI is InChI=1S/C24H29Cl3N2O2S/c1-4-16(3)28-24(31)22(5-2)29(13-17-10-11-20(26)21(27)12-17)23(30)15-32-14-18-8-6-7-9-19(18)25/h6-12,16,22H,4-5,13-15H2,1-3H3,(H,28,31)/t16-,22+/m0/s1. The lowest BCUT2D eigenvalue weighted by atomic mass is 10.1. The second kappa shape index (κ2) is 13.3. The van der Waals surface area contributed by atoms with Gasteiger partial charge in [-0.1, -0.05) is 72.9 Å². The van der Waals surface area contributed by atoms with E-state index in [1.54, 1.807) is 17.0 Å². The highest BCUT2D eigenvalue weighted by atomic mass is 35.5. The van der Waals surface area contributed by atoms with Gasteiger partial charge in [0.1, 0.15) is 6.04 Å². The first-order valence-electron chi connectivity index (χ1n) is 10.6. The lowest BCUT2D eigenvalue weighted by Gasteiger charge is -2.31. The van der Waals surface area contributed by atoms with Crippen LogP contribution in [0, 0.1) is 0 Å². The number of thioether (sulfide) groups is 1. The first kappa shape index (κ1) is 26.8. The fraction of sp³-hybridized carbons (Fsp3) is 0.417. The molecule has 0 aliphatic carbocycles. The second-order valence-electron chi connectivity index (χ2n) is 7.60. The molecule has 0 saturated heterocycles. The number of hydrogen-bond donors (Lipinski definition) is 1. The van der Waals surface area contributed by atoms with E-state index in [2.05, 4.69) is 5.32 Å². The summed E-state index contributed by atoms with van der Waals surface area (Å²) in [6, 6.07) is 12.3. The van der Waals surface area contributed by atoms with Crippen molar-refractivity contribution < 1.29 is 9.59 Å². The molecule has 2 atom stereocenters. The summed E-state index contributed by atoms with van der Waals surface area (Å²) in [7, 11) is 0. The Kier molecular flexibility index (Phi) is 11.2. The molecule has 2 rings (SSSR count). The van der Waals surface area contributed by atoms with Crippen LogP contribution in [-0.4, -0.2) is 34.6 Å². The molecule has 2 aromatic rings. The van der Waals surface area contributed by atoms with E-state index in [0.29, 0.717) is 27.2 Å². The molecule has 0 aliphatic rings. The van der Waals surface area contributed by atoms with Crippen LogP contribution in [0.1, 0.15) is 44.7 Å². The van der Waals surface area contributed by atoms with E-state index >= 15 is 0 Å². The summed E-state index contributed by atoms with van der Waals surface area (Å²) < 4.78 is 0. The van der Waals surface area contributed by atoms with Gasteiger partial charge in [-0.25, -0.2) is 0 Å². The number of benzene rings is 2. The molecule has 8 heteroatoms. The van der Waals surface area contributed by atoms with E-state index in [4.69, 9.17) is 34.8 Å². The maximum atomic E-state index is 13.3. The first-order valence-corrected chi connectivity index (χ1v) is 12.9. The number of nitrogens with zero attached hydrogens (tertiary/aromatic N) is 1. The second-order valence-corrected chi connectivity index (χ2v) is 9.80. The number of halogens is 3. The smallest absolute Gasteiger partial charge is 0.243 e. The van der Waals surface area contributed by atoms with Crippen LogP contribution in [0.5, 0.6) is 0 Å². The van der Waals surface area contributed by atoms with Crippen molar-refractivity contribution in [1.82, 2.24) is 10.2 Å². The Morgan fingerprint density at radius 2 is 1.72 bits per heavy atom. The molecule has 2 amide bonds. The van der Waals surface area contributed by atoms with Crippen molar-refractivity contribution in [2.45, 2.75) is 58.0 Å². The van der Waals surface area contributed by atoms with Gasteiger partial charge < -0.3 is 10.2 Å². The molecule has 32 heavy (non-hydrogen) atoms. The highest BCUT2D eigenvalue weighted by Gasteiger charge is 2.29.